The number of hydrogen-bond acceptors (Lipinski definition) is 5. The van der Waals surface area contributed by atoms with E-state index in [1.54, 1.807) is 24.3 Å². The Morgan fingerprint density at radius 2 is 1.79 bits per heavy atom. The zero-order valence-electron chi connectivity index (χ0n) is 15.0. The summed E-state index contributed by atoms with van der Waals surface area (Å²) in [5.74, 6) is -0.216. The van der Waals surface area contributed by atoms with Gasteiger partial charge in [-0.3, -0.25) is 4.79 Å². The highest BCUT2D eigenvalue weighted by Crippen LogP contribution is 2.15. The van der Waals surface area contributed by atoms with Gasteiger partial charge in [0.2, 0.25) is 0 Å². The molecule has 0 aliphatic carbocycles. The van der Waals surface area contributed by atoms with Crippen molar-refractivity contribution in [2.24, 2.45) is 10.5 Å². The van der Waals surface area contributed by atoms with Crippen molar-refractivity contribution in [2.75, 3.05) is 13.2 Å². The van der Waals surface area contributed by atoms with Gasteiger partial charge in [0.15, 0.2) is 6.61 Å². The fraction of sp³-hybridized carbons (Fsp3) is 0.500. The second-order valence-electron chi connectivity index (χ2n) is 6.43. The number of rotatable bonds is 7. The van der Waals surface area contributed by atoms with E-state index in [1.807, 2.05) is 34.6 Å². The van der Waals surface area contributed by atoms with Crippen LogP contribution in [0.25, 0.3) is 0 Å². The van der Waals surface area contributed by atoms with Gasteiger partial charge in [0.1, 0.15) is 5.75 Å². The molecule has 6 nitrogen and oxygen atoms in total. The molecule has 1 N–H and O–H groups in total. The van der Waals surface area contributed by atoms with E-state index in [0.717, 1.165) is 12.1 Å². The highest BCUT2D eigenvalue weighted by atomic mass is 16.5. The third-order valence-corrected chi connectivity index (χ3v) is 3.33. The van der Waals surface area contributed by atoms with Crippen LogP contribution in [0.5, 0.6) is 5.75 Å². The molecular weight excluding hydrogens is 308 g/mol. The number of benzene rings is 1. The highest BCUT2D eigenvalue weighted by molar-refractivity contribution is 5.89. The predicted octanol–water partition coefficient (Wildman–Crippen LogP) is 3.17. The molecule has 0 fully saturated rings. The van der Waals surface area contributed by atoms with Gasteiger partial charge in [-0.15, -0.1) is 0 Å². The number of amides is 1. The van der Waals surface area contributed by atoms with Gasteiger partial charge in [0.05, 0.1) is 12.2 Å². The molecule has 1 aromatic rings. The number of ether oxygens (including phenoxy) is 2. The smallest absolute Gasteiger partial charge is 0.338 e. The molecule has 1 amide bonds. The van der Waals surface area contributed by atoms with Crippen LogP contribution in [-0.4, -0.2) is 30.8 Å². The molecule has 0 aliphatic heterocycles. The van der Waals surface area contributed by atoms with Crippen molar-refractivity contribution in [3.05, 3.63) is 29.8 Å². The van der Waals surface area contributed by atoms with Crippen molar-refractivity contribution in [1.82, 2.24) is 5.43 Å². The van der Waals surface area contributed by atoms with E-state index in [4.69, 9.17) is 9.47 Å². The lowest BCUT2D eigenvalue weighted by Crippen LogP contribution is -2.28. The third kappa shape index (κ3) is 6.81. The number of carbonyl (C=O) groups excluding carboxylic acids is 2. The normalized spacial score (nSPS) is 11.8. The standard InChI is InChI=1S/C18H26N2O4/c1-6-11-23-17(22)14-7-9-15(10-8-14)24-12-16(21)20-19-13(2)18(3,4)5/h7-10H,6,11-12H2,1-5H3,(H,20,21). The van der Waals surface area contributed by atoms with E-state index in [-0.39, 0.29) is 23.9 Å². The van der Waals surface area contributed by atoms with Crippen molar-refractivity contribution in [1.29, 1.82) is 0 Å². The molecular formula is C18H26N2O4. The molecule has 0 unspecified atom stereocenters. The van der Waals surface area contributed by atoms with Crippen molar-refractivity contribution < 1.29 is 19.1 Å². The molecule has 132 valence electrons. The number of esters is 1. The Morgan fingerprint density at radius 3 is 2.33 bits per heavy atom. The van der Waals surface area contributed by atoms with Crippen molar-refractivity contribution in [3.63, 3.8) is 0 Å². The molecule has 0 aliphatic rings. The molecule has 0 saturated heterocycles. The van der Waals surface area contributed by atoms with Gasteiger partial charge >= 0.3 is 5.97 Å². The predicted molar refractivity (Wildman–Crippen MR) is 93.2 cm³/mol. The summed E-state index contributed by atoms with van der Waals surface area (Å²) in [6.07, 6.45) is 0.777. The molecule has 1 rings (SSSR count). The monoisotopic (exact) mass is 334 g/mol. The highest BCUT2D eigenvalue weighted by Gasteiger charge is 2.14. The van der Waals surface area contributed by atoms with Crippen molar-refractivity contribution in [2.45, 2.75) is 41.0 Å². The summed E-state index contributed by atoms with van der Waals surface area (Å²) in [4.78, 5) is 23.4. The topological polar surface area (TPSA) is 77.0 Å². The lowest BCUT2D eigenvalue weighted by molar-refractivity contribution is -0.123. The van der Waals surface area contributed by atoms with Gasteiger partial charge in [0.25, 0.3) is 5.91 Å². The van der Waals surface area contributed by atoms with Gasteiger partial charge in [0, 0.05) is 11.1 Å². The summed E-state index contributed by atoms with van der Waals surface area (Å²) in [6, 6.07) is 6.46. The van der Waals surface area contributed by atoms with Gasteiger partial charge < -0.3 is 9.47 Å². The zero-order valence-corrected chi connectivity index (χ0v) is 15.0. The Balaban J connectivity index is 2.48. The molecule has 0 atom stereocenters. The van der Waals surface area contributed by atoms with Crippen LogP contribution < -0.4 is 10.2 Å². The van der Waals surface area contributed by atoms with E-state index in [9.17, 15) is 9.59 Å². The minimum absolute atomic E-state index is 0.101. The van der Waals surface area contributed by atoms with E-state index in [0.29, 0.717) is 17.9 Å². The van der Waals surface area contributed by atoms with Crippen LogP contribution in [0.15, 0.2) is 29.4 Å². The fourth-order valence-electron chi connectivity index (χ4n) is 1.46. The molecule has 0 saturated carbocycles. The molecule has 0 bridgehead atoms. The van der Waals surface area contributed by atoms with E-state index < -0.39 is 0 Å². The average Bonchev–Trinajstić information content (AvgIpc) is 2.55. The van der Waals surface area contributed by atoms with Crippen LogP contribution >= 0.6 is 0 Å². The Morgan fingerprint density at radius 1 is 1.17 bits per heavy atom. The van der Waals surface area contributed by atoms with Gasteiger partial charge in [-0.2, -0.15) is 5.10 Å². The maximum absolute atomic E-state index is 11.7. The van der Waals surface area contributed by atoms with Crippen LogP contribution in [-0.2, 0) is 9.53 Å². The quantitative estimate of drug-likeness (QED) is 0.472. The van der Waals surface area contributed by atoms with Crippen molar-refractivity contribution in [3.8, 4) is 5.75 Å². The van der Waals surface area contributed by atoms with E-state index in [2.05, 4.69) is 10.5 Å². The number of hydrogen-bond donors (Lipinski definition) is 1. The Hall–Kier alpha value is -2.37. The molecule has 6 heteroatoms. The van der Waals surface area contributed by atoms with E-state index in [1.165, 1.54) is 0 Å². The summed E-state index contributed by atoms with van der Waals surface area (Å²) in [5, 5.41) is 4.05. The Kier molecular flexibility index (Phi) is 7.42. The largest absolute Gasteiger partial charge is 0.484 e. The lowest BCUT2D eigenvalue weighted by Gasteiger charge is -2.17. The molecule has 1 aromatic carbocycles. The van der Waals surface area contributed by atoms with Gasteiger partial charge in [-0.25, -0.2) is 10.2 Å². The van der Waals surface area contributed by atoms with Gasteiger partial charge in [-0.1, -0.05) is 27.7 Å². The first-order chi connectivity index (χ1) is 11.2. The summed E-state index contributed by atoms with van der Waals surface area (Å²) < 4.78 is 10.4. The SMILES string of the molecule is CCCOC(=O)c1ccc(OCC(=O)NN=C(C)C(C)(C)C)cc1. The number of carbonyl (C=O) groups is 2. The minimum Gasteiger partial charge on any atom is -0.484 e. The first-order valence-electron chi connectivity index (χ1n) is 7.97. The number of nitrogens with zero attached hydrogens (tertiary/aromatic N) is 1. The van der Waals surface area contributed by atoms with Gasteiger partial charge in [-0.05, 0) is 37.6 Å². The van der Waals surface area contributed by atoms with E-state index >= 15 is 0 Å². The Labute approximate surface area is 143 Å². The zero-order chi connectivity index (χ0) is 18.2. The average molecular weight is 334 g/mol. The number of nitrogens with one attached hydrogen (secondary N) is 1. The molecule has 0 heterocycles. The van der Waals surface area contributed by atoms with Crippen LogP contribution in [0, 0.1) is 5.41 Å². The fourth-order valence-corrected chi connectivity index (χ4v) is 1.46. The summed E-state index contributed by atoms with van der Waals surface area (Å²) in [5.41, 5.74) is 3.64. The first-order valence-corrected chi connectivity index (χ1v) is 7.97. The van der Waals surface area contributed by atoms with Crippen LogP contribution in [0.3, 0.4) is 0 Å². The Bertz CT molecular complexity index is 586. The molecule has 0 spiro atoms. The molecule has 0 aromatic heterocycles. The van der Waals surface area contributed by atoms with Crippen molar-refractivity contribution >= 4 is 17.6 Å². The van der Waals surface area contributed by atoms with Crippen LogP contribution in [0.4, 0.5) is 0 Å². The lowest BCUT2D eigenvalue weighted by atomic mass is 9.91. The summed E-state index contributed by atoms with van der Waals surface area (Å²) in [6.45, 7) is 10.1. The molecule has 0 radical (unpaired) electrons. The number of hydrazone groups is 1. The maximum Gasteiger partial charge on any atom is 0.338 e. The first kappa shape index (κ1) is 19.7. The maximum atomic E-state index is 11.7. The minimum atomic E-state index is -0.367. The molecule has 24 heavy (non-hydrogen) atoms. The summed E-state index contributed by atoms with van der Waals surface area (Å²) >= 11 is 0. The third-order valence-electron chi connectivity index (χ3n) is 3.33. The second kappa shape index (κ2) is 9.05. The summed E-state index contributed by atoms with van der Waals surface area (Å²) in [7, 11) is 0. The van der Waals surface area contributed by atoms with Crippen LogP contribution in [0.1, 0.15) is 51.4 Å². The second-order valence-corrected chi connectivity index (χ2v) is 6.43. The van der Waals surface area contributed by atoms with Crippen LogP contribution in [0.2, 0.25) is 0 Å².